The summed E-state index contributed by atoms with van der Waals surface area (Å²) >= 11 is 0. The van der Waals surface area contributed by atoms with Crippen LogP contribution in [-0.4, -0.2) is 17.6 Å². The van der Waals surface area contributed by atoms with Crippen LogP contribution in [0.2, 0.25) is 0 Å². The van der Waals surface area contributed by atoms with Gasteiger partial charge in [0.05, 0.1) is 6.61 Å². The molecule has 0 unspecified atom stereocenters. The van der Waals surface area contributed by atoms with E-state index >= 15 is 0 Å². The Morgan fingerprint density at radius 1 is 1.30 bits per heavy atom. The van der Waals surface area contributed by atoms with Crippen LogP contribution < -0.4 is 5.32 Å². The monoisotopic (exact) mass is 271 g/mol. The van der Waals surface area contributed by atoms with E-state index in [9.17, 15) is 4.79 Å². The van der Waals surface area contributed by atoms with Gasteiger partial charge < -0.3 is 10.4 Å². The number of anilines is 1. The Hall–Kier alpha value is -1.79. The van der Waals surface area contributed by atoms with E-state index in [1.807, 2.05) is 24.3 Å². The zero-order chi connectivity index (χ0) is 14.2. The summed E-state index contributed by atoms with van der Waals surface area (Å²) in [4.78, 5) is 12.2. The number of amides is 1. The molecule has 1 saturated carbocycles. The Kier molecular flexibility index (Phi) is 5.64. The van der Waals surface area contributed by atoms with E-state index in [0.717, 1.165) is 36.9 Å². The Balaban J connectivity index is 1.97. The summed E-state index contributed by atoms with van der Waals surface area (Å²) in [5, 5.41) is 11.7. The molecule has 1 aromatic carbocycles. The molecular weight excluding hydrogens is 250 g/mol. The van der Waals surface area contributed by atoms with Crippen LogP contribution in [0.5, 0.6) is 0 Å². The third-order valence-corrected chi connectivity index (χ3v) is 3.58. The largest absolute Gasteiger partial charge is 0.395 e. The molecule has 0 saturated heterocycles. The van der Waals surface area contributed by atoms with E-state index in [4.69, 9.17) is 5.11 Å². The summed E-state index contributed by atoms with van der Waals surface area (Å²) in [7, 11) is 0. The second-order valence-electron chi connectivity index (χ2n) is 5.18. The average molecular weight is 271 g/mol. The molecular formula is C17H21NO2. The maximum Gasteiger partial charge on any atom is 0.227 e. The number of aliphatic hydroxyl groups excluding tert-OH is 1. The maximum absolute atomic E-state index is 12.2. The fraction of sp³-hybridized carbons (Fsp3) is 0.471. The number of carbonyl (C=O) groups is 1. The molecule has 0 bridgehead atoms. The van der Waals surface area contributed by atoms with E-state index in [1.54, 1.807) is 0 Å². The summed E-state index contributed by atoms with van der Waals surface area (Å²) in [6.07, 6.45) is 6.04. The lowest BCUT2D eigenvalue weighted by Gasteiger charge is -2.20. The molecule has 20 heavy (non-hydrogen) atoms. The standard InChI is InChI=1S/C17H21NO2/c19-12-5-4-7-14-8-6-11-16(13-14)18-17(20)15-9-2-1-3-10-15/h6,8,11,13,15,19H,1-3,5,9-10,12H2,(H,18,20). The van der Waals surface area contributed by atoms with Crippen molar-refractivity contribution in [2.24, 2.45) is 5.92 Å². The summed E-state index contributed by atoms with van der Waals surface area (Å²) in [5.41, 5.74) is 1.66. The first kappa shape index (κ1) is 14.6. The number of carbonyl (C=O) groups excluding carboxylic acids is 1. The van der Waals surface area contributed by atoms with Gasteiger partial charge >= 0.3 is 0 Å². The predicted molar refractivity (Wildman–Crippen MR) is 80.2 cm³/mol. The Labute approximate surface area is 120 Å². The first-order valence-electron chi connectivity index (χ1n) is 7.30. The van der Waals surface area contributed by atoms with Crippen LogP contribution in [0.1, 0.15) is 44.1 Å². The summed E-state index contributed by atoms with van der Waals surface area (Å²) in [6, 6.07) is 7.56. The van der Waals surface area contributed by atoms with Gasteiger partial charge in [-0.05, 0) is 31.0 Å². The molecule has 0 aliphatic heterocycles. The molecule has 106 valence electrons. The molecule has 3 nitrogen and oxygen atoms in total. The lowest BCUT2D eigenvalue weighted by Crippen LogP contribution is -2.24. The van der Waals surface area contributed by atoms with Gasteiger partial charge in [-0.15, -0.1) is 0 Å². The van der Waals surface area contributed by atoms with Crippen molar-refractivity contribution in [1.29, 1.82) is 0 Å². The highest BCUT2D eigenvalue weighted by Crippen LogP contribution is 2.25. The Morgan fingerprint density at radius 3 is 2.85 bits per heavy atom. The van der Waals surface area contributed by atoms with Gasteiger partial charge in [-0.1, -0.05) is 37.2 Å². The highest BCUT2D eigenvalue weighted by atomic mass is 16.2. The van der Waals surface area contributed by atoms with E-state index in [-0.39, 0.29) is 18.4 Å². The molecule has 0 aromatic heterocycles. The lowest BCUT2D eigenvalue weighted by atomic mass is 9.88. The van der Waals surface area contributed by atoms with Gasteiger partial charge in [0, 0.05) is 23.6 Å². The average Bonchev–Trinajstić information content (AvgIpc) is 2.49. The van der Waals surface area contributed by atoms with Crippen molar-refractivity contribution in [2.45, 2.75) is 38.5 Å². The molecule has 1 fully saturated rings. The van der Waals surface area contributed by atoms with Crippen molar-refractivity contribution in [3.8, 4) is 11.8 Å². The van der Waals surface area contributed by atoms with E-state index < -0.39 is 0 Å². The molecule has 1 aliphatic carbocycles. The van der Waals surface area contributed by atoms with Gasteiger partial charge in [-0.25, -0.2) is 0 Å². The number of aliphatic hydroxyl groups is 1. The van der Waals surface area contributed by atoms with Crippen LogP contribution in [0.4, 0.5) is 5.69 Å². The van der Waals surface area contributed by atoms with Crippen molar-refractivity contribution < 1.29 is 9.90 Å². The number of nitrogens with one attached hydrogen (secondary N) is 1. The zero-order valence-electron chi connectivity index (χ0n) is 11.7. The number of hydrogen-bond acceptors (Lipinski definition) is 2. The SMILES string of the molecule is O=C(Nc1cccc(C#CCCO)c1)C1CCCCC1. The van der Waals surface area contributed by atoms with Crippen molar-refractivity contribution in [1.82, 2.24) is 0 Å². The molecule has 0 heterocycles. The second-order valence-corrected chi connectivity index (χ2v) is 5.18. The minimum absolute atomic E-state index is 0.0745. The molecule has 2 N–H and O–H groups in total. The number of benzene rings is 1. The van der Waals surface area contributed by atoms with E-state index in [1.165, 1.54) is 6.42 Å². The fourth-order valence-corrected chi connectivity index (χ4v) is 2.50. The molecule has 0 spiro atoms. The minimum Gasteiger partial charge on any atom is -0.395 e. The van der Waals surface area contributed by atoms with Crippen LogP contribution in [0.15, 0.2) is 24.3 Å². The van der Waals surface area contributed by atoms with Crippen LogP contribution in [0, 0.1) is 17.8 Å². The van der Waals surface area contributed by atoms with Gasteiger partial charge in [0.1, 0.15) is 0 Å². The molecule has 1 aromatic rings. The van der Waals surface area contributed by atoms with Crippen LogP contribution >= 0.6 is 0 Å². The van der Waals surface area contributed by atoms with Crippen molar-refractivity contribution in [3.05, 3.63) is 29.8 Å². The second kappa shape index (κ2) is 7.72. The summed E-state index contributed by atoms with van der Waals surface area (Å²) < 4.78 is 0. The highest BCUT2D eigenvalue weighted by Gasteiger charge is 2.20. The third-order valence-electron chi connectivity index (χ3n) is 3.58. The Morgan fingerprint density at radius 2 is 2.10 bits per heavy atom. The van der Waals surface area contributed by atoms with Gasteiger partial charge in [0.2, 0.25) is 5.91 Å². The summed E-state index contributed by atoms with van der Waals surface area (Å²) in [5.74, 6) is 6.15. The van der Waals surface area contributed by atoms with Crippen molar-refractivity contribution in [2.75, 3.05) is 11.9 Å². The normalized spacial score (nSPS) is 15.2. The van der Waals surface area contributed by atoms with E-state index in [2.05, 4.69) is 17.2 Å². The molecule has 1 amide bonds. The quantitative estimate of drug-likeness (QED) is 0.830. The zero-order valence-corrected chi connectivity index (χ0v) is 11.7. The molecule has 0 atom stereocenters. The predicted octanol–water partition coefficient (Wildman–Crippen LogP) is 2.94. The van der Waals surface area contributed by atoms with Crippen LogP contribution in [0.25, 0.3) is 0 Å². The summed E-state index contributed by atoms with van der Waals surface area (Å²) in [6.45, 7) is 0.0745. The minimum atomic E-state index is 0.0745. The topological polar surface area (TPSA) is 49.3 Å². The number of hydrogen-bond donors (Lipinski definition) is 2. The highest BCUT2D eigenvalue weighted by molar-refractivity contribution is 5.92. The van der Waals surface area contributed by atoms with Crippen molar-refractivity contribution in [3.63, 3.8) is 0 Å². The Bertz CT molecular complexity index is 507. The van der Waals surface area contributed by atoms with Crippen LogP contribution in [0.3, 0.4) is 0 Å². The molecule has 2 rings (SSSR count). The molecule has 0 radical (unpaired) electrons. The van der Waals surface area contributed by atoms with Gasteiger partial charge in [0.25, 0.3) is 0 Å². The van der Waals surface area contributed by atoms with Crippen LogP contribution in [-0.2, 0) is 4.79 Å². The third kappa shape index (κ3) is 4.40. The first-order valence-corrected chi connectivity index (χ1v) is 7.30. The van der Waals surface area contributed by atoms with Gasteiger partial charge in [-0.2, -0.15) is 0 Å². The van der Waals surface area contributed by atoms with E-state index in [0.29, 0.717) is 6.42 Å². The molecule has 1 aliphatic rings. The van der Waals surface area contributed by atoms with Crippen molar-refractivity contribution >= 4 is 11.6 Å². The van der Waals surface area contributed by atoms with Gasteiger partial charge in [-0.3, -0.25) is 4.79 Å². The number of rotatable bonds is 3. The smallest absolute Gasteiger partial charge is 0.227 e. The molecule has 3 heteroatoms. The fourth-order valence-electron chi connectivity index (χ4n) is 2.50. The first-order chi connectivity index (χ1) is 9.79. The van der Waals surface area contributed by atoms with Gasteiger partial charge in [0.15, 0.2) is 0 Å². The maximum atomic E-state index is 12.2. The lowest BCUT2D eigenvalue weighted by molar-refractivity contribution is -0.120.